The van der Waals surface area contributed by atoms with Crippen LogP contribution in [0, 0.1) is 0 Å². The summed E-state index contributed by atoms with van der Waals surface area (Å²) in [5, 5.41) is 0. The highest BCUT2D eigenvalue weighted by Crippen LogP contribution is 2.34. The van der Waals surface area contributed by atoms with E-state index in [-0.39, 0.29) is 11.5 Å². The van der Waals surface area contributed by atoms with Gasteiger partial charge in [-0.3, -0.25) is 0 Å². The van der Waals surface area contributed by atoms with Gasteiger partial charge in [-0.2, -0.15) is 0 Å². The van der Waals surface area contributed by atoms with Gasteiger partial charge in [-0.05, 0) is 24.0 Å². The van der Waals surface area contributed by atoms with Crippen molar-refractivity contribution in [1.29, 1.82) is 0 Å². The largest absolute Gasteiger partial charge is 0.373 e. The van der Waals surface area contributed by atoms with Crippen molar-refractivity contribution in [3.8, 4) is 0 Å². The molecule has 0 spiro atoms. The van der Waals surface area contributed by atoms with Crippen molar-refractivity contribution in [3.63, 3.8) is 0 Å². The highest BCUT2D eigenvalue weighted by Gasteiger charge is 2.32. The molecule has 21 heavy (non-hydrogen) atoms. The van der Waals surface area contributed by atoms with E-state index in [1.54, 1.807) is 0 Å². The number of hydrogen-bond acceptors (Lipinski definition) is 1. The molecule has 1 nitrogen and oxygen atoms in total. The number of benzene rings is 2. The molecule has 0 aromatic heterocycles. The van der Waals surface area contributed by atoms with Crippen molar-refractivity contribution in [2.75, 3.05) is 6.61 Å². The second-order valence-electron chi connectivity index (χ2n) is 6.08. The molecule has 1 aliphatic rings. The molecule has 2 aromatic carbocycles. The smallest absolute Gasteiger partial charge is 0.0759 e. The van der Waals surface area contributed by atoms with Gasteiger partial charge in [-0.1, -0.05) is 79.7 Å². The van der Waals surface area contributed by atoms with Crippen LogP contribution in [0.15, 0.2) is 66.7 Å². The number of ether oxygens (including phenoxy) is 1. The van der Waals surface area contributed by atoms with Gasteiger partial charge >= 0.3 is 0 Å². The van der Waals surface area contributed by atoms with Gasteiger partial charge in [0.1, 0.15) is 0 Å². The topological polar surface area (TPSA) is 9.23 Å². The van der Waals surface area contributed by atoms with Crippen LogP contribution in [0.2, 0.25) is 0 Å². The molecular formula is C20H22O. The van der Waals surface area contributed by atoms with Gasteiger partial charge in [0.15, 0.2) is 0 Å². The first kappa shape index (κ1) is 14.1. The quantitative estimate of drug-likeness (QED) is 0.781. The summed E-state index contributed by atoms with van der Waals surface area (Å²) in [4.78, 5) is 0. The molecule has 0 radical (unpaired) electrons. The predicted molar refractivity (Wildman–Crippen MR) is 88.2 cm³/mol. The van der Waals surface area contributed by atoms with Gasteiger partial charge < -0.3 is 4.74 Å². The summed E-state index contributed by atoms with van der Waals surface area (Å²) >= 11 is 0. The fourth-order valence-electron chi connectivity index (χ4n) is 2.91. The molecule has 1 aliphatic heterocycles. The maximum absolute atomic E-state index is 6.08. The van der Waals surface area contributed by atoms with Crippen LogP contribution in [-0.2, 0) is 10.2 Å². The summed E-state index contributed by atoms with van der Waals surface area (Å²) in [5.74, 6) is 0. The van der Waals surface area contributed by atoms with E-state index in [9.17, 15) is 0 Å². The molecule has 0 bridgehead atoms. The van der Waals surface area contributed by atoms with Gasteiger partial charge in [-0.25, -0.2) is 0 Å². The minimum Gasteiger partial charge on any atom is -0.373 e. The van der Waals surface area contributed by atoms with E-state index in [1.807, 2.05) is 6.07 Å². The molecule has 0 saturated carbocycles. The molecule has 2 atom stereocenters. The lowest BCUT2D eigenvalue weighted by molar-refractivity contribution is 0.000441. The molecule has 1 heterocycles. The van der Waals surface area contributed by atoms with Gasteiger partial charge in [0.2, 0.25) is 0 Å². The van der Waals surface area contributed by atoms with Crippen LogP contribution >= 0.6 is 0 Å². The normalized spacial score (nSPS) is 26.0. The van der Waals surface area contributed by atoms with E-state index in [1.165, 1.54) is 17.5 Å². The van der Waals surface area contributed by atoms with Gasteiger partial charge in [0.25, 0.3) is 0 Å². The van der Waals surface area contributed by atoms with E-state index >= 15 is 0 Å². The monoisotopic (exact) mass is 278 g/mol. The first-order chi connectivity index (χ1) is 10.3. The Kier molecular flexibility index (Phi) is 4.21. The zero-order valence-electron chi connectivity index (χ0n) is 12.5. The molecule has 0 amide bonds. The Hall–Kier alpha value is -1.86. The van der Waals surface area contributed by atoms with Gasteiger partial charge in [0.05, 0.1) is 12.7 Å². The van der Waals surface area contributed by atoms with E-state index in [2.05, 4.69) is 73.7 Å². The second-order valence-corrected chi connectivity index (χ2v) is 6.08. The minimum atomic E-state index is 0.151. The molecule has 0 aliphatic carbocycles. The van der Waals surface area contributed by atoms with Crippen molar-refractivity contribution < 1.29 is 4.74 Å². The lowest BCUT2D eigenvalue weighted by Crippen LogP contribution is -2.36. The van der Waals surface area contributed by atoms with Crippen LogP contribution in [0.1, 0.15) is 30.9 Å². The Labute approximate surface area is 127 Å². The molecule has 1 heteroatoms. The highest BCUT2D eigenvalue weighted by molar-refractivity contribution is 5.49. The maximum Gasteiger partial charge on any atom is 0.0759 e. The van der Waals surface area contributed by atoms with Crippen molar-refractivity contribution in [1.82, 2.24) is 0 Å². The lowest BCUT2D eigenvalue weighted by Gasteiger charge is -2.37. The summed E-state index contributed by atoms with van der Waals surface area (Å²) in [6, 6.07) is 21.1. The first-order valence-corrected chi connectivity index (χ1v) is 7.67. The summed E-state index contributed by atoms with van der Waals surface area (Å²) in [7, 11) is 0. The maximum atomic E-state index is 6.08. The number of hydrogen-bond donors (Lipinski definition) is 0. The molecule has 1 saturated heterocycles. The van der Waals surface area contributed by atoms with E-state index < -0.39 is 0 Å². The molecule has 0 N–H and O–H groups in total. The fourth-order valence-corrected chi connectivity index (χ4v) is 2.91. The third-order valence-electron chi connectivity index (χ3n) is 4.37. The second kappa shape index (κ2) is 6.28. The summed E-state index contributed by atoms with van der Waals surface area (Å²) in [6.07, 6.45) is 6.84. The molecule has 3 rings (SSSR count). The van der Waals surface area contributed by atoms with E-state index in [0.29, 0.717) is 0 Å². The lowest BCUT2D eigenvalue weighted by atomic mass is 9.77. The Morgan fingerprint density at radius 2 is 1.67 bits per heavy atom. The highest BCUT2D eigenvalue weighted by atomic mass is 16.5. The minimum absolute atomic E-state index is 0.151. The van der Waals surface area contributed by atoms with Crippen molar-refractivity contribution in [3.05, 3.63) is 77.9 Å². The first-order valence-electron chi connectivity index (χ1n) is 7.67. The Balaban J connectivity index is 1.62. The van der Waals surface area contributed by atoms with Crippen molar-refractivity contribution in [2.24, 2.45) is 0 Å². The summed E-state index contributed by atoms with van der Waals surface area (Å²) in [6.45, 7) is 3.10. The van der Waals surface area contributed by atoms with Crippen LogP contribution in [0.25, 0.3) is 6.08 Å². The van der Waals surface area contributed by atoms with Crippen molar-refractivity contribution in [2.45, 2.75) is 31.3 Å². The molecular weight excluding hydrogens is 256 g/mol. The van der Waals surface area contributed by atoms with E-state index in [0.717, 1.165) is 13.0 Å². The zero-order chi connectivity index (χ0) is 14.5. The van der Waals surface area contributed by atoms with Crippen molar-refractivity contribution >= 4 is 6.08 Å². The van der Waals surface area contributed by atoms with Gasteiger partial charge in [-0.15, -0.1) is 0 Å². The number of rotatable bonds is 3. The Morgan fingerprint density at radius 3 is 2.29 bits per heavy atom. The standard InChI is InChI=1S/C20H22O/c1-20(18-10-6-3-7-11-18)15-14-19(21-16-20)13-12-17-8-4-2-5-9-17/h2-13,19H,14-16H2,1H3/b13-12+/t19?,20-/m1/s1. The fraction of sp³-hybridized carbons (Fsp3) is 0.300. The third-order valence-corrected chi connectivity index (χ3v) is 4.37. The Bertz CT molecular complexity index is 578. The Morgan fingerprint density at radius 1 is 1.00 bits per heavy atom. The van der Waals surface area contributed by atoms with E-state index in [4.69, 9.17) is 4.74 Å². The summed E-state index contributed by atoms with van der Waals surface area (Å²) < 4.78 is 6.08. The molecule has 1 unspecified atom stereocenters. The summed E-state index contributed by atoms with van der Waals surface area (Å²) in [5.41, 5.74) is 2.77. The van der Waals surface area contributed by atoms with Crippen LogP contribution < -0.4 is 0 Å². The molecule has 2 aromatic rings. The van der Waals surface area contributed by atoms with Crippen LogP contribution in [0.5, 0.6) is 0 Å². The van der Waals surface area contributed by atoms with Crippen LogP contribution in [0.4, 0.5) is 0 Å². The van der Waals surface area contributed by atoms with Gasteiger partial charge in [0, 0.05) is 5.41 Å². The third kappa shape index (κ3) is 3.43. The molecule has 1 fully saturated rings. The van der Waals surface area contributed by atoms with Crippen LogP contribution in [-0.4, -0.2) is 12.7 Å². The zero-order valence-corrected chi connectivity index (χ0v) is 12.5. The SMILES string of the molecule is C[C@@]1(c2ccccc2)CCC(/C=C/c2ccccc2)OC1. The predicted octanol–water partition coefficient (Wildman–Crippen LogP) is 4.84. The average Bonchev–Trinajstić information content (AvgIpc) is 2.56. The van der Waals surface area contributed by atoms with Crippen LogP contribution in [0.3, 0.4) is 0 Å². The molecule has 108 valence electrons. The average molecular weight is 278 g/mol.